The highest BCUT2D eigenvalue weighted by Crippen LogP contribution is 2.35. The Labute approximate surface area is 123 Å². The number of rotatable bonds is 1. The maximum absolute atomic E-state index is 4.71. The number of hydrogen-bond acceptors (Lipinski definition) is 3. The largest absolute Gasteiger partial charge is 0.252 e. The van der Waals surface area contributed by atoms with Crippen molar-refractivity contribution in [2.75, 3.05) is 0 Å². The summed E-state index contributed by atoms with van der Waals surface area (Å²) >= 11 is 1.53. The second-order valence-corrected chi connectivity index (χ2v) is 5.63. The lowest BCUT2D eigenvalue weighted by Gasteiger charge is -2.18. The third-order valence-corrected chi connectivity index (χ3v) is 4.26. The monoisotopic (exact) mass is 280 g/mol. The van der Waals surface area contributed by atoms with E-state index in [0.717, 1.165) is 35.5 Å². The van der Waals surface area contributed by atoms with E-state index >= 15 is 0 Å². The third kappa shape index (κ3) is 2.54. The quantitative estimate of drug-likeness (QED) is 0.683. The van der Waals surface area contributed by atoms with Crippen molar-refractivity contribution in [3.8, 4) is 0 Å². The Bertz CT molecular complexity index is 663. The molecular weight excluding hydrogens is 264 g/mol. The first kappa shape index (κ1) is 13.1. The van der Waals surface area contributed by atoms with Crippen LogP contribution in [0.1, 0.15) is 25.3 Å². The highest BCUT2D eigenvalue weighted by atomic mass is 32.2. The summed E-state index contributed by atoms with van der Waals surface area (Å²) in [6.45, 7) is 6.13. The van der Waals surface area contributed by atoms with Gasteiger partial charge < -0.3 is 0 Å². The van der Waals surface area contributed by atoms with Crippen LogP contribution in [0.3, 0.4) is 0 Å². The van der Waals surface area contributed by atoms with Crippen molar-refractivity contribution >= 4 is 23.4 Å². The summed E-state index contributed by atoms with van der Waals surface area (Å²) in [7, 11) is 0. The van der Waals surface area contributed by atoms with Gasteiger partial charge in [0, 0.05) is 22.4 Å². The highest BCUT2D eigenvalue weighted by molar-refractivity contribution is 8.02. The Balaban J connectivity index is 2.06. The zero-order chi connectivity index (χ0) is 13.9. The van der Waals surface area contributed by atoms with Crippen LogP contribution in [0.15, 0.2) is 74.6 Å². The molecule has 3 rings (SSSR count). The molecule has 1 aromatic rings. The van der Waals surface area contributed by atoms with Gasteiger partial charge in [0.2, 0.25) is 0 Å². The van der Waals surface area contributed by atoms with Crippen molar-refractivity contribution in [2.24, 2.45) is 9.39 Å². The summed E-state index contributed by atoms with van der Waals surface area (Å²) in [5, 5.41) is 0. The Morgan fingerprint density at radius 2 is 2.00 bits per heavy atom. The minimum atomic E-state index is 0.873. The van der Waals surface area contributed by atoms with E-state index in [-0.39, 0.29) is 0 Å². The SMILES string of the molecule is C=C1N=C(C)/C(c2ccccc2)=N\SC2=C1CCC=C2. The van der Waals surface area contributed by atoms with E-state index in [1.54, 1.807) is 0 Å². The maximum atomic E-state index is 4.71. The van der Waals surface area contributed by atoms with Gasteiger partial charge in [0.25, 0.3) is 0 Å². The van der Waals surface area contributed by atoms with Crippen LogP contribution < -0.4 is 0 Å². The summed E-state index contributed by atoms with van der Waals surface area (Å²) in [6, 6.07) is 10.2. The van der Waals surface area contributed by atoms with Crippen molar-refractivity contribution in [2.45, 2.75) is 19.8 Å². The lowest BCUT2D eigenvalue weighted by Crippen LogP contribution is -2.13. The van der Waals surface area contributed by atoms with E-state index in [9.17, 15) is 0 Å². The van der Waals surface area contributed by atoms with E-state index in [2.05, 4.69) is 35.9 Å². The summed E-state index contributed by atoms with van der Waals surface area (Å²) in [5.74, 6) is 0. The molecule has 2 aliphatic rings. The molecule has 0 spiro atoms. The molecule has 1 aliphatic heterocycles. The van der Waals surface area contributed by atoms with Crippen molar-refractivity contribution in [3.05, 3.63) is 70.8 Å². The molecule has 0 bridgehead atoms. The fourth-order valence-corrected chi connectivity index (χ4v) is 3.27. The highest BCUT2D eigenvalue weighted by Gasteiger charge is 2.17. The number of aliphatic imine (C=N–C) groups is 1. The molecule has 3 heteroatoms. The molecule has 0 amide bonds. The van der Waals surface area contributed by atoms with E-state index in [0.29, 0.717) is 0 Å². The molecule has 0 unspecified atom stereocenters. The topological polar surface area (TPSA) is 24.7 Å². The van der Waals surface area contributed by atoms with E-state index < -0.39 is 0 Å². The summed E-state index contributed by atoms with van der Waals surface area (Å²) in [4.78, 5) is 5.84. The molecule has 1 aliphatic carbocycles. The van der Waals surface area contributed by atoms with Gasteiger partial charge in [-0.3, -0.25) is 4.99 Å². The van der Waals surface area contributed by atoms with Gasteiger partial charge >= 0.3 is 0 Å². The van der Waals surface area contributed by atoms with Crippen LogP contribution in [0.4, 0.5) is 0 Å². The van der Waals surface area contributed by atoms with Gasteiger partial charge in [0.05, 0.1) is 11.4 Å². The molecule has 0 saturated heterocycles. The van der Waals surface area contributed by atoms with Crippen LogP contribution in [-0.4, -0.2) is 11.4 Å². The van der Waals surface area contributed by atoms with Gasteiger partial charge in [-0.25, -0.2) is 4.40 Å². The zero-order valence-corrected chi connectivity index (χ0v) is 12.3. The fourth-order valence-electron chi connectivity index (χ4n) is 2.36. The molecule has 0 aromatic heterocycles. The number of benzene rings is 1. The van der Waals surface area contributed by atoms with Crippen molar-refractivity contribution in [1.29, 1.82) is 0 Å². The van der Waals surface area contributed by atoms with Gasteiger partial charge in [-0.05, 0) is 25.3 Å². The zero-order valence-electron chi connectivity index (χ0n) is 11.5. The molecule has 1 aromatic carbocycles. The summed E-state index contributed by atoms with van der Waals surface area (Å²) in [5.41, 5.74) is 5.06. The maximum Gasteiger partial charge on any atom is 0.100 e. The second-order valence-electron chi connectivity index (χ2n) is 4.82. The first-order valence-electron chi connectivity index (χ1n) is 6.71. The van der Waals surface area contributed by atoms with Gasteiger partial charge in [-0.1, -0.05) is 49.1 Å². The van der Waals surface area contributed by atoms with Crippen molar-refractivity contribution in [1.82, 2.24) is 0 Å². The van der Waals surface area contributed by atoms with E-state index in [4.69, 9.17) is 4.40 Å². The number of hydrogen-bond donors (Lipinski definition) is 0. The molecule has 0 atom stereocenters. The molecule has 100 valence electrons. The van der Waals surface area contributed by atoms with Crippen LogP contribution in [0.2, 0.25) is 0 Å². The average molecular weight is 280 g/mol. The molecule has 2 nitrogen and oxygen atoms in total. The standard InChI is InChI=1S/C17H16N2S/c1-12-15-10-6-7-11-16(15)20-19-17(13(2)18-12)14-8-4-3-5-9-14/h3-5,7-9,11H,1,6,10H2,2H3/b18-13?,19-17+. The summed E-state index contributed by atoms with van der Waals surface area (Å²) < 4.78 is 4.71. The molecular formula is C17H16N2S. The second kappa shape index (κ2) is 5.63. The van der Waals surface area contributed by atoms with Crippen LogP contribution in [0.25, 0.3) is 0 Å². The van der Waals surface area contributed by atoms with Crippen LogP contribution in [0, 0.1) is 0 Å². The van der Waals surface area contributed by atoms with E-state index in [1.165, 1.54) is 22.4 Å². The lowest BCUT2D eigenvalue weighted by atomic mass is 10.0. The minimum absolute atomic E-state index is 0.873. The van der Waals surface area contributed by atoms with Gasteiger partial charge in [0.15, 0.2) is 0 Å². The number of nitrogens with zero attached hydrogens (tertiary/aromatic N) is 2. The number of allylic oxidation sites excluding steroid dienone is 3. The molecule has 20 heavy (non-hydrogen) atoms. The third-order valence-electron chi connectivity index (χ3n) is 3.40. The van der Waals surface area contributed by atoms with Crippen molar-refractivity contribution in [3.63, 3.8) is 0 Å². The van der Waals surface area contributed by atoms with Gasteiger partial charge in [-0.15, -0.1) is 0 Å². The molecule has 0 radical (unpaired) electrons. The molecule has 0 fully saturated rings. The Morgan fingerprint density at radius 3 is 2.80 bits per heavy atom. The van der Waals surface area contributed by atoms with Gasteiger partial charge in [0.1, 0.15) is 5.71 Å². The summed E-state index contributed by atoms with van der Waals surface area (Å²) in [6.07, 6.45) is 6.39. The van der Waals surface area contributed by atoms with Crippen LogP contribution in [0.5, 0.6) is 0 Å². The van der Waals surface area contributed by atoms with Gasteiger partial charge in [-0.2, -0.15) is 0 Å². The Kier molecular flexibility index (Phi) is 3.70. The fraction of sp³-hybridized carbons (Fsp3) is 0.176. The predicted octanol–water partition coefficient (Wildman–Crippen LogP) is 4.72. The average Bonchev–Trinajstić information content (AvgIpc) is 2.47. The van der Waals surface area contributed by atoms with Crippen LogP contribution in [-0.2, 0) is 0 Å². The first-order chi connectivity index (χ1) is 9.75. The predicted molar refractivity (Wildman–Crippen MR) is 88.2 cm³/mol. The van der Waals surface area contributed by atoms with Crippen molar-refractivity contribution < 1.29 is 0 Å². The van der Waals surface area contributed by atoms with Crippen LogP contribution >= 0.6 is 11.9 Å². The lowest BCUT2D eigenvalue weighted by molar-refractivity contribution is 0.960. The molecule has 1 heterocycles. The Hall–Kier alpha value is -1.87. The molecule has 0 saturated carbocycles. The molecule has 0 N–H and O–H groups in total. The Morgan fingerprint density at radius 1 is 1.20 bits per heavy atom. The normalized spacial score (nSPS) is 21.6. The smallest absolute Gasteiger partial charge is 0.100 e. The first-order valence-corrected chi connectivity index (χ1v) is 7.48. The van der Waals surface area contributed by atoms with E-state index in [1.807, 2.05) is 25.1 Å². The minimum Gasteiger partial charge on any atom is -0.252 e.